The van der Waals surface area contributed by atoms with Crippen molar-refractivity contribution in [3.63, 3.8) is 0 Å². The van der Waals surface area contributed by atoms with Crippen LogP contribution in [-0.2, 0) is 6.42 Å². The maximum atomic E-state index is 6.19. The van der Waals surface area contributed by atoms with Crippen molar-refractivity contribution in [1.29, 1.82) is 0 Å². The molecule has 2 heteroatoms. The van der Waals surface area contributed by atoms with Crippen LogP contribution in [0.3, 0.4) is 0 Å². The fraction of sp³-hybridized carbons (Fsp3) is 0.500. The summed E-state index contributed by atoms with van der Waals surface area (Å²) in [5.41, 5.74) is 2.83. The molecule has 0 saturated carbocycles. The lowest BCUT2D eigenvalue weighted by atomic mass is 9.83. The lowest BCUT2D eigenvalue weighted by Gasteiger charge is -2.25. The predicted molar refractivity (Wildman–Crippen MR) is 61.1 cm³/mol. The lowest BCUT2D eigenvalue weighted by molar-refractivity contribution is 0.529. The van der Waals surface area contributed by atoms with Crippen molar-refractivity contribution in [2.24, 2.45) is 0 Å². The molecule has 0 amide bonds. The van der Waals surface area contributed by atoms with Crippen LogP contribution in [0, 0.1) is 0 Å². The number of hydrogen-bond donors (Lipinski definition) is 1. The minimum absolute atomic E-state index is 0.655. The highest BCUT2D eigenvalue weighted by Crippen LogP contribution is 2.34. The van der Waals surface area contributed by atoms with Gasteiger partial charge in [-0.1, -0.05) is 23.7 Å². The lowest BCUT2D eigenvalue weighted by Crippen LogP contribution is -2.21. The minimum Gasteiger partial charge on any atom is -0.319 e. The first kappa shape index (κ1) is 10.0. The van der Waals surface area contributed by atoms with E-state index < -0.39 is 0 Å². The van der Waals surface area contributed by atoms with E-state index >= 15 is 0 Å². The number of nitrogens with one attached hydrogen (secondary N) is 1. The molecule has 1 aromatic carbocycles. The molecule has 0 bridgehead atoms. The number of hydrogen-bond acceptors (Lipinski definition) is 1. The van der Waals surface area contributed by atoms with Crippen molar-refractivity contribution in [3.8, 4) is 0 Å². The van der Waals surface area contributed by atoms with Crippen LogP contribution >= 0.6 is 11.6 Å². The van der Waals surface area contributed by atoms with E-state index in [1.54, 1.807) is 0 Å². The van der Waals surface area contributed by atoms with Gasteiger partial charge in [0.2, 0.25) is 0 Å². The second-order valence-electron chi connectivity index (χ2n) is 3.95. The molecule has 1 aliphatic rings. The molecule has 0 fully saturated rings. The fourth-order valence-corrected chi connectivity index (χ4v) is 2.64. The number of likely N-dealkylation sites (N-methyl/N-ethyl adjacent to an activating group) is 1. The van der Waals surface area contributed by atoms with E-state index in [9.17, 15) is 0 Å². The van der Waals surface area contributed by atoms with Crippen LogP contribution in [0.1, 0.15) is 29.9 Å². The third-order valence-electron chi connectivity index (χ3n) is 3.02. The minimum atomic E-state index is 0.655. The van der Waals surface area contributed by atoms with Crippen molar-refractivity contribution in [2.75, 3.05) is 13.6 Å². The second kappa shape index (κ2) is 4.33. The molecular weight excluding hydrogens is 194 g/mol. The first-order valence-electron chi connectivity index (χ1n) is 5.25. The summed E-state index contributed by atoms with van der Waals surface area (Å²) in [6, 6.07) is 6.29. The molecule has 1 N–H and O–H groups in total. The molecule has 1 aliphatic carbocycles. The highest BCUT2D eigenvalue weighted by atomic mass is 35.5. The Hall–Kier alpha value is -0.530. The van der Waals surface area contributed by atoms with E-state index in [0.29, 0.717) is 5.92 Å². The molecule has 2 rings (SSSR count). The zero-order valence-corrected chi connectivity index (χ0v) is 9.27. The maximum absolute atomic E-state index is 6.19. The van der Waals surface area contributed by atoms with Gasteiger partial charge in [-0.2, -0.15) is 0 Å². The first-order valence-corrected chi connectivity index (χ1v) is 5.62. The summed E-state index contributed by atoms with van der Waals surface area (Å²) < 4.78 is 0. The zero-order valence-electron chi connectivity index (χ0n) is 8.52. The Morgan fingerprint density at radius 2 is 2.36 bits per heavy atom. The van der Waals surface area contributed by atoms with Crippen LogP contribution in [0.5, 0.6) is 0 Å². The predicted octanol–water partition coefficient (Wildman–Crippen LogP) is 2.98. The Kier molecular flexibility index (Phi) is 3.09. The van der Waals surface area contributed by atoms with Gasteiger partial charge in [0.15, 0.2) is 0 Å². The van der Waals surface area contributed by atoms with Crippen LogP contribution in [0.4, 0.5) is 0 Å². The molecule has 0 radical (unpaired) electrons. The van der Waals surface area contributed by atoms with Crippen LogP contribution in [0.2, 0.25) is 5.02 Å². The fourth-order valence-electron chi connectivity index (χ4n) is 2.36. The summed E-state index contributed by atoms with van der Waals surface area (Å²) in [5, 5.41) is 4.20. The van der Waals surface area contributed by atoms with E-state index in [0.717, 1.165) is 18.0 Å². The Labute approximate surface area is 90.5 Å². The SMILES string of the molecule is CNCC1CCCc2c(Cl)cccc21. The Morgan fingerprint density at radius 1 is 1.50 bits per heavy atom. The number of fused-ring (bicyclic) bond motifs is 1. The van der Waals surface area contributed by atoms with Gasteiger partial charge in [-0.25, -0.2) is 0 Å². The van der Waals surface area contributed by atoms with Gasteiger partial charge < -0.3 is 5.32 Å². The van der Waals surface area contributed by atoms with Crippen molar-refractivity contribution in [1.82, 2.24) is 5.32 Å². The van der Waals surface area contributed by atoms with Gasteiger partial charge in [0.05, 0.1) is 0 Å². The van der Waals surface area contributed by atoms with Gasteiger partial charge in [0.1, 0.15) is 0 Å². The first-order chi connectivity index (χ1) is 6.83. The summed E-state index contributed by atoms with van der Waals surface area (Å²) >= 11 is 6.19. The summed E-state index contributed by atoms with van der Waals surface area (Å²) in [7, 11) is 2.01. The van der Waals surface area contributed by atoms with Crippen molar-refractivity contribution >= 4 is 11.6 Å². The Balaban J connectivity index is 2.34. The van der Waals surface area contributed by atoms with Gasteiger partial charge in [-0.15, -0.1) is 0 Å². The number of rotatable bonds is 2. The molecular formula is C12H16ClN. The molecule has 1 unspecified atom stereocenters. The summed E-state index contributed by atoms with van der Waals surface area (Å²) in [5.74, 6) is 0.655. The third kappa shape index (κ3) is 1.79. The third-order valence-corrected chi connectivity index (χ3v) is 3.38. The smallest absolute Gasteiger partial charge is 0.0440 e. The summed E-state index contributed by atoms with van der Waals surface area (Å²) in [6.07, 6.45) is 3.70. The largest absolute Gasteiger partial charge is 0.319 e. The highest BCUT2D eigenvalue weighted by molar-refractivity contribution is 6.31. The molecule has 0 heterocycles. The average molecular weight is 210 g/mol. The Bertz CT molecular complexity index is 322. The van der Waals surface area contributed by atoms with E-state index in [2.05, 4.69) is 17.4 Å². The monoisotopic (exact) mass is 209 g/mol. The topological polar surface area (TPSA) is 12.0 Å². The number of benzene rings is 1. The molecule has 0 spiro atoms. The molecule has 1 aromatic rings. The standard InChI is InChI=1S/C12H16ClN/c1-14-8-9-4-2-6-11-10(9)5-3-7-12(11)13/h3,5,7,9,14H,2,4,6,8H2,1H3. The molecule has 0 saturated heterocycles. The highest BCUT2D eigenvalue weighted by Gasteiger charge is 2.20. The number of halogens is 1. The van der Waals surface area contributed by atoms with Gasteiger partial charge in [-0.05, 0) is 49.4 Å². The van der Waals surface area contributed by atoms with Crippen LogP contribution < -0.4 is 5.32 Å². The van der Waals surface area contributed by atoms with Crippen LogP contribution in [0.25, 0.3) is 0 Å². The van der Waals surface area contributed by atoms with Crippen LogP contribution in [0.15, 0.2) is 18.2 Å². The molecule has 0 aliphatic heterocycles. The van der Waals surface area contributed by atoms with Gasteiger partial charge in [0.25, 0.3) is 0 Å². The van der Waals surface area contributed by atoms with Gasteiger partial charge >= 0.3 is 0 Å². The normalized spacial score (nSPS) is 20.6. The van der Waals surface area contributed by atoms with Crippen molar-refractivity contribution in [2.45, 2.75) is 25.2 Å². The maximum Gasteiger partial charge on any atom is 0.0440 e. The quantitative estimate of drug-likeness (QED) is 0.790. The van der Waals surface area contributed by atoms with Crippen molar-refractivity contribution in [3.05, 3.63) is 34.3 Å². The molecule has 14 heavy (non-hydrogen) atoms. The Morgan fingerprint density at radius 3 is 3.14 bits per heavy atom. The van der Waals surface area contributed by atoms with E-state index in [-0.39, 0.29) is 0 Å². The molecule has 0 aromatic heterocycles. The van der Waals surface area contributed by atoms with E-state index in [4.69, 9.17) is 11.6 Å². The van der Waals surface area contributed by atoms with E-state index in [1.807, 2.05) is 13.1 Å². The molecule has 1 nitrogen and oxygen atoms in total. The summed E-state index contributed by atoms with van der Waals surface area (Å²) in [6.45, 7) is 1.06. The van der Waals surface area contributed by atoms with Crippen LogP contribution in [-0.4, -0.2) is 13.6 Å². The van der Waals surface area contributed by atoms with Crippen molar-refractivity contribution < 1.29 is 0 Å². The second-order valence-corrected chi connectivity index (χ2v) is 4.36. The summed E-state index contributed by atoms with van der Waals surface area (Å²) in [4.78, 5) is 0. The molecule has 76 valence electrons. The van der Waals surface area contributed by atoms with E-state index in [1.165, 1.54) is 24.0 Å². The zero-order chi connectivity index (χ0) is 9.97. The van der Waals surface area contributed by atoms with Gasteiger partial charge in [-0.3, -0.25) is 0 Å². The van der Waals surface area contributed by atoms with Gasteiger partial charge in [0, 0.05) is 11.6 Å². The average Bonchev–Trinajstić information content (AvgIpc) is 2.20. The molecule has 1 atom stereocenters.